The number of imidazole rings is 1. The molecular formula is C14H15N3O4. The molecule has 1 aliphatic heterocycles. The van der Waals surface area contributed by atoms with Crippen LogP contribution in [0, 0.1) is 5.92 Å². The predicted molar refractivity (Wildman–Crippen MR) is 74.1 cm³/mol. The molecule has 3 rings (SSSR count). The summed E-state index contributed by atoms with van der Waals surface area (Å²) in [7, 11) is 1.59. The molecule has 1 fully saturated rings. The van der Waals surface area contributed by atoms with Gasteiger partial charge < -0.3 is 19.7 Å². The van der Waals surface area contributed by atoms with Gasteiger partial charge in [0.25, 0.3) is 0 Å². The summed E-state index contributed by atoms with van der Waals surface area (Å²) in [6.45, 7) is 0.753. The topological polar surface area (TPSA) is 93.5 Å². The van der Waals surface area contributed by atoms with E-state index >= 15 is 0 Å². The molecule has 1 aliphatic rings. The molecule has 1 aromatic heterocycles. The summed E-state index contributed by atoms with van der Waals surface area (Å²) in [5.74, 6) is -1.38. The first kappa shape index (κ1) is 13.6. The van der Waals surface area contributed by atoms with Crippen molar-refractivity contribution in [2.75, 3.05) is 20.3 Å². The highest BCUT2D eigenvalue weighted by molar-refractivity contribution is 5.92. The van der Waals surface area contributed by atoms with Crippen molar-refractivity contribution >= 4 is 22.9 Å². The SMILES string of the molecule is CNC(=O)[C@@H]1COC[C@@H]1n1cnc2ccc(C(=O)O)cc21. The standard InChI is InChI=1S/C14H15N3O4/c1-15-13(18)9-5-21-6-12(9)17-7-16-10-3-2-8(14(19)20)4-11(10)17/h2-4,7,9,12H,5-6H2,1H3,(H,15,18)(H,19,20)/t9-,12+/m1/s1. The Balaban J connectivity index is 2.05. The van der Waals surface area contributed by atoms with Crippen LogP contribution in [0.1, 0.15) is 16.4 Å². The molecule has 2 heterocycles. The van der Waals surface area contributed by atoms with Crippen molar-refractivity contribution in [2.24, 2.45) is 5.92 Å². The zero-order valence-corrected chi connectivity index (χ0v) is 11.4. The van der Waals surface area contributed by atoms with Gasteiger partial charge in [-0.3, -0.25) is 4.79 Å². The van der Waals surface area contributed by atoms with Gasteiger partial charge in [-0.25, -0.2) is 9.78 Å². The second kappa shape index (κ2) is 5.17. The van der Waals surface area contributed by atoms with Crippen LogP contribution in [0.15, 0.2) is 24.5 Å². The highest BCUT2D eigenvalue weighted by atomic mass is 16.5. The van der Waals surface area contributed by atoms with Gasteiger partial charge in [0.05, 0.1) is 48.1 Å². The minimum atomic E-state index is -0.991. The third-order valence-corrected chi connectivity index (χ3v) is 3.81. The van der Waals surface area contributed by atoms with Crippen molar-refractivity contribution < 1.29 is 19.4 Å². The van der Waals surface area contributed by atoms with Crippen LogP contribution in [-0.4, -0.2) is 46.8 Å². The van der Waals surface area contributed by atoms with E-state index in [1.54, 1.807) is 25.5 Å². The number of fused-ring (bicyclic) bond motifs is 1. The third-order valence-electron chi connectivity index (χ3n) is 3.81. The van der Waals surface area contributed by atoms with Gasteiger partial charge in [-0.1, -0.05) is 0 Å². The Morgan fingerprint density at radius 1 is 1.43 bits per heavy atom. The molecule has 0 saturated carbocycles. The molecule has 2 aromatic rings. The average molecular weight is 289 g/mol. The van der Waals surface area contributed by atoms with Crippen molar-refractivity contribution in [3.05, 3.63) is 30.1 Å². The van der Waals surface area contributed by atoms with Crippen LogP contribution in [-0.2, 0) is 9.53 Å². The number of aromatic carboxylic acids is 1. The van der Waals surface area contributed by atoms with Crippen LogP contribution in [0.25, 0.3) is 11.0 Å². The lowest BCUT2D eigenvalue weighted by molar-refractivity contribution is -0.125. The Kier molecular flexibility index (Phi) is 3.34. The van der Waals surface area contributed by atoms with Gasteiger partial charge >= 0.3 is 5.97 Å². The lowest BCUT2D eigenvalue weighted by Gasteiger charge is -2.18. The van der Waals surface area contributed by atoms with E-state index in [1.165, 1.54) is 6.07 Å². The number of aromatic nitrogens is 2. The van der Waals surface area contributed by atoms with Gasteiger partial charge in [0.15, 0.2) is 0 Å². The molecular weight excluding hydrogens is 274 g/mol. The van der Waals surface area contributed by atoms with E-state index in [0.29, 0.717) is 24.2 Å². The number of carbonyl (C=O) groups excluding carboxylic acids is 1. The second-order valence-electron chi connectivity index (χ2n) is 4.99. The molecule has 0 unspecified atom stereocenters. The maximum absolute atomic E-state index is 11.9. The van der Waals surface area contributed by atoms with E-state index in [-0.39, 0.29) is 23.4 Å². The Hall–Kier alpha value is -2.41. The number of rotatable bonds is 3. The first-order chi connectivity index (χ1) is 10.1. The summed E-state index contributed by atoms with van der Waals surface area (Å²) in [6, 6.07) is 4.58. The number of benzene rings is 1. The molecule has 0 aliphatic carbocycles. The van der Waals surface area contributed by atoms with Gasteiger partial charge in [-0.2, -0.15) is 0 Å². The summed E-state index contributed by atoms with van der Waals surface area (Å²) < 4.78 is 7.25. The lowest BCUT2D eigenvalue weighted by atomic mass is 10.0. The van der Waals surface area contributed by atoms with Crippen molar-refractivity contribution in [3.63, 3.8) is 0 Å². The predicted octanol–water partition coefficient (Wildman–Crippen LogP) is 0.668. The van der Waals surface area contributed by atoms with E-state index < -0.39 is 5.97 Å². The maximum Gasteiger partial charge on any atom is 0.335 e. The zero-order chi connectivity index (χ0) is 15.0. The molecule has 1 aromatic carbocycles. The fourth-order valence-electron chi connectivity index (χ4n) is 2.68. The van der Waals surface area contributed by atoms with Crippen molar-refractivity contribution in [1.82, 2.24) is 14.9 Å². The molecule has 2 atom stereocenters. The van der Waals surface area contributed by atoms with Crippen molar-refractivity contribution in [1.29, 1.82) is 0 Å². The Morgan fingerprint density at radius 2 is 2.24 bits per heavy atom. The Labute approximate surface area is 120 Å². The summed E-state index contributed by atoms with van der Waals surface area (Å²) in [5.41, 5.74) is 1.58. The molecule has 1 saturated heterocycles. The number of hydrogen-bond donors (Lipinski definition) is 2. The number of hydrogen-bond acceptors (Lipinski definition) is 4. The highest BCUT2D eigenvalue weighted by Gasteiger charge is 2.35. The summed E-state index contributed by atoms with van der Waals surface area (Å²) in [5, 5.41) is 11.7. The van der Waals surface area contributed by atoms with Gasteiger partial charge in [0, 0.05) is 7.05 Å². The maximum atomic E-state index is 11.9. The largest absolute Gasteiger partial charge is 0.478 e. The summed E-state index contributed by atoms with van der Waals surface area (Å²) in [4.78, 5) is 27.3. The monoisotopic (exact) mass is 289 g/mol. The molecule has 1 amide bonds. The normalized spacial score (nSPS) is 21.6. The minimum absolute atomic E-state index is 0.0891. The first-order valence-corrected chi connectivity index (χ1v) is 6.61. The number of carboxylic acid groups (broad SMARTS) is 1. The van der Waals surface area contributed by atoms with Crippen LogP contribution in [0.4, 0.5) is 0 Å². The first-order valence-electron chi connectivity index (χ1n) is 6.61. The molecule has 7 heteroatoms. The van der Waals surface area contributed by atoms with E-state index in [4.69, 9.17) is 9.84 Å². The highest BCUT2D eigenvalue weighted by Crippen LogP contribution is 2.29. The van der Waals surface area contributed by atoms with Gasteiger partial charge in [-0.15, -0.1) is 0 Å². The van der Waals surface area contributed by atoms with Crippen LogP contribution in [0.5, 0.6) is 0 Å². The molecule has 21 heavy (non-hydrogen) atoms. The van der Waals surface area contributed by atoms with Gasteiger partial charge in [0.1, 0.15) is 0 Å². The van der Waals surface area contributed by atoms with Crippen LogP contribution < -0.4 is 5.32 Å². The van der Waals surface area contributed by atoms with Gasteiger partial charge in [-0.05, 0) is 18.2 Å². The molecule has 0 spiro atoms. The van der Waals surface area contributed by atoms with Crippen LogP contribution in [0.2, 0.25) is 0 Å². The molecule has 0 radical (unpaired) electrons. The number of carboxylic acids is 1. The molecule has 7 nitrogen and oxygen atoms in total. The van der Waals surface area contributed by atoms with E-state index in [1.807, 2.05) is 4.57 Å². The van der Waals surface area contributed by atoms with Gasteiger partial charge in [0.2, 0.25) is 5.91 Å². The van der Waals surface area contributed by atoms with E-state index in [2.05, 4.69) is 10.3 Å². The second-order valence-corrected chi connectivity index (χ2v) is 4.99. The van der Waals surface area contributed by atoms with E-state index in [0.717, 1.165) is 0 Å². The molecule has 0 bridgehead atoms. The zero-order valence-electron chi connectivity index (χ0n) is 11.4. The number of ether oxygens (including phenoxy) is 1. The number of nitrogens with one attached hydrogen (secondary N) is 1. The van der Waals surface area contributed by atoms with E-state index in [9.17, 15) is 9.59 Å². The van der Waals surface area contributed by atoms with Crippen LogP contribution >= 0.6 is 0 Å². The fraction of sp³-hybridized carbons (Fsp3) is 0.357. The fourth-order valence-corrected chi connectivity index (χ4v) is 2.68. The number of carbonyl (C=O) groups is 2. The number of nitrogens with zero attached hydrogens (tertiary/aromatic N) is 2. The molecule has 2 N–H and O–H groups in total. The van der Waals surface area contributed by atoms with Crippen molar-refractivity contribution in [2.45, 2.75) is 6.04 Å². The minimum Gasteiger partial charge on any atom is -0.478 e. The molecule has 110 valence electrons. The average Bonchev–Trinajstić information content (AvgIpc) is 3.11. The quantitative estimate of drug-likeness (QED) is 0.866. The number of amides is 1. The summed E-state index contributed by atoms with van der Waals surface area (Å²) in [6.07, 6.45) is 1.63. The third kappa shape index (κ3) is 2.25. The lowest BCUT2D eigenvalue weighted by Crippen LogP contribution is -2.33. The van der Waals surface area contributed by atoms with Crippen LogP contribution in [0.3, 0.4) is 0 Å². The smallest absolute Gasteiger partial charge is 0.335 e. The Morgan fingerprint density at radius 3 is 2.95 bits per heavy atom. The summed E-state index contributed by atoms with van der Waals surface area (Å²) >= 11 is 0. The Bertz CT molecular complexity index is 709. The van der Waals surface area contributed by atoms with Crippen molar-refractivity contribution in [3.8, 4) is 0 Å².